The van der Waals surface area contributed by atoms with Gasteiger partial charge in [0.05, 0.1) is 13.2 Å². The number of rotatable bonds is 11. The normalized spacial score (nSPS) is 10.9. The Bertz CT molecular complexity index is 1400. The van der Waals surface area contributed by atoms with Gasteiger partial charge in [0.25, 0.3) is 0 Å². The topological polar surface area (TPSA) is 18.5 Å². The van der Waals surface area contributed by atoms with Crippen LogP contribution in [-0.4, -0.2) is 13.2 Å². The Kier molecular flexibility index (Phi) is 8.85. The van der Waals surface area contributed by atoms with E-state index in [-0.39, 0.29) is 35.5 Å². The van der Waals surface area contributed by atoms with Crippen LogP contribution in [0, 0.1) is 23.3 Å². The molecule has 0 saturated heterocycles. The summed E-state index contributed by atoms with van der Waals surface area (Å²) >= 11 is 0. The van der Waals surface area contributed by atoms with Crippen molar-refractivity contribution in [3.8, 4) is 33.8 Å². The van der Waals surface area contributed by atoms with Gasteiger partial charge in [0, 0.05) is 11.1 Å². The fourth-order valence-corrected chi connectivity index (χ4v) is 4.15. The van der Waals surface area contributed by atoms with E-state index in [0.29, 0.717) is 36.3 Å². The van der Waals surface area contributed by atoms with Gasteiger partial charge in [-0.3, -0.25) is 0 Å². The number of aryl methyl sites for hydroxylation is 2. The Morgan fingerprint density at radius 2 is 1.26 bits per heavy atom. The smallest absolute Gasteiger partial charge is 0.200 e. The van der Waals surface area contributed by atoms with Crippen LogP contribution in [0.4, 0.5) is 17.6 Å². The lowest BCUT2D eigenvalue weighted by atomic mass is 9.97. The second-order valence-electron chi connectivity index (χ2n) is 8.72. The monoisotopic (exact) mass is 520 g/mol. The molecular weight excluding hydrogens is 492 g/mol. The van der Waals surface area contributed by atoms with Crippen molar-refractivity contribution in [2.45, 2.75) is 26.2 Å². The molecule has 0 atom stereocenters. The molecule has 196 valence electrons. The van der Waals surface area contributed by atoms with E-state index in [9.17, 15) is 13.2 Å². The fourth-order valence-electron chi connectivity index (χ4n) is 4.15. The molecule has 2 nitrogen and oxygen atoms in total. The molecule has 0 N–H and O–H groups in total. The SMILES string of the molecule is C=CCCOc1ccc(CCc2ccc(-c3ccc(-c4ccc(OCC)cc4)c(F)c3F)cc2)c(F)c1F. The van der Waals surface area contributed by atoms with Gasteiger partial charge < -0.3 is 9.47 Å². The highest BCUT2D eigenvalue weighted by Gasteiger charge is 2.17. The van der Waals surface area contributed by atoms with Crippen molar-refractivity contribution < 1.29 is 27.0 Å². The van der Waals surface area contributed by atoms with E-state index in [2.05, 4.69) is 6.58 Å². The van der Waals surface area contributed by atoms with Crippen LogP contribution >= 0.6 is 0 Å². The van der Waals surface area contributed by atoms with E-state index in [4.69, 9.17) is 9.47 Å². The van der Waals surface area contributed by atoms with Crippen LogP contribution < -0.4 is 9.47 Å². The maximum Gasteiger partial charge on any atom is 0.200 e. The van der Waals surface area contributed by atoms with Crippen LogP contribution in [0.3, 0.4) is 0 Å². The summed E-state index contributed by atoms with van der Waals surface area (Å²) in [6, 6.07) is 19.8. The van der Waals surface area contributed by atoms with Gasteiger partial charge in [0.1, 0.15) is 5.75 Å². The van der Waals surface area contributed by atoms with Crippen molar-refractivity contribution in [3.05, 3.63) is 120 Å². The summed E-state index contributed by atoms with van der Waals surface area (Å²) in [6.07, 6.45) is 2.88. The molecule has 0 spiro atoms. The maximum atomic E-state index is 15.0. The molecule has 4 rings (SSSR count). The highest BCUT2D eigenvalue weighted by Crippen LogP contribution is 2.32. The number of benzene rings is 4. The first-order chi connectivity index (χ1) is 18.4. The van der Waals surface area contributed by atoms with Gasteiger partial charge in [-0.15, -0.1) is 6.58 Å². The van der Waals surface area contributed by atoms with Crippen LogP contribution in [0.25, 0.3) is 22.3 Å². The van der Waals surface area contributed by atoms with Gasteiger partial charge in [-0.1, -0.05) is 60.7 Å². The van der Waals surface area contributed by atoms with Crippen LogP contribution in [-0.2, 0) is 12.8 Å². The first-order valence-corrected chi connectivity index (χ1v) is 12.4. The van der Waals surface area contributed by atoms with Gasteiger partial charge in [-0.05, 0) is 66.6 Å². The zero-order valence-electron chi connectivity index (χ0n) is 21.1. The molecule has 0 radical (unpaired) electrons. The molecule has 6 heteroatoms. The van der Waals surface area contributed by atoms with E-state index in [0.717, 1.165) is 5.56 Å². The third-order valence-corrected chi connectivity index (χ3v) is 6.21. The zero-order chi connectivity index (χ0) is 27.1. The van der Waals surface area contributed by atoms with Crippen molar-refractivity contribution in [1.82, 2.24) is 0 Å². The van der Waals surface area contributed by atoms with E-state index in [1.807, 2.05) is 6.92 Å². The maximum absolute atomic E-state index is 15.0. The first-order valence-electron chi connectivity index (χ1n) is 12.4. The number of ether oxygens (including phenoxy) is 2. The molecule has 0 aliphatic carbocycles. The fraction of sp³-hybridized carbons (Fsp3) is 0.188. The summed E-state index contributed by atoms with van der Waals surface area (Å²) in [5.74, 6) is -3.26. The molecule has 0 saturated carbocycles. The average Bonchev–Trinajstić information content (AvgIpc) is 2.93. The van der Waals surface area contributed by atoms with E-state index < -0.39 is 23.3 Å². The number of hydrogen-bond donors (Lipinski definition) is 0. The van der Waals surface area contributed by atoms with Gasteiger partial charge in [0.15, 0.2) is 23.2 Å². The molecule has 0 aliphatic rings. The summed E-state index contributed by atoms with van der Waals surface area (Å²) in [6.45, 7) is 6.18. The summed E-state index contributed by atoms with van der Waals surface area (Å²) in [5, 5.41) is 0. The minimum Gasteiger partial charge on any atom is -0.494 e. The van der Waals surface area contributed by atoms with Gasteiger partial charge in [-0.2, -0.15) is 4.39 Å². The Labute approximate surface area is 220 Å². The minimum atomic E-state index is -1.01. The van der Waals surface area contributed by atoms with Crippen LogP contribution in [0.1, 0.15) is 24.5 Å². The molecule has 0 fully saturated rings. The van der Waals surface area contributed by atoms with Crippen molar-refractivity contribution in [3.63, 3.8) is 0 Å². The molecule has 0 aromatic heterocycles. The molecule has 0 heterocycles. The largest absolute Gasteiger partial charge is 0.494 e. The summed E-state index contributed by atoms with van der Waals surface area (Å²) in [4.78, 5) is 0. The summed E-state index contributed by atoms with van der Waals surface area (Å²) < 4.78 is 69.4. The number of halogens is 4. The van der Waals surface area contributed by atoms with E-state index in [1.54, 1.807) is 66.7 Å². The van der Waals surface area contributed by atoms with Crippen LogP contribution in [0.5, 0.6) is 11.5 Å². The molecule has 0 unspecified atom stereocenters. The van der Waals surface area contributed by atoms with Crippen molar-refractivity contribution in [1.29, 1.82) is 0 Å². The Hall–Kier alpha value is -4.06. The summed E-state index contributed by atoms with van der Waals surface area (Å²) in [5.41, 5.74) is 2.46. The van der Waals surface area contributed by atoms with Crippen molar-refractivity contribution in [2.24, 2.45) is 0 Å². The van der Waals surface area contributed by atoms with Crippen LogP contribution in [0.15, 0.2) is 85.5 Å². The van der Waals surface area contributed by atoms with Crippen molar-refractivity contribution >= 4 is 0 Å². The highest BCUT2D eigenvalue weighted by atomic mass is 19.2. The second kappa shape index (κ2) is 12.5. The standard InChI is InChI=1S/C32H28F4O2/c1-3-5-20-38-28-19-14-24(29(33)32(28)36)11-8-21-6-9-22(10-7-21)26-17-18-27(31(35)30(26)34)23-12-15-25(16-13-23)37-4-2/h3,6-7,9-10,12-19H,1,4-5,8,11,20H2,2H3. The predicted molar refractivity (Wildman–Crippen MR) is 142 cm³/mol. The molecule has 38 heavy (non-hydrogen) atoms. The summed E-state index contributed by atoms with van der Waals surface area (Å²) in [7, 11) is 0. The lowest BCUT2D eigenvalue weighted by molar-refractivity contribution is 0.301. The lowest BCUT2D eigenvalue weighted by Crippen LogP contribution is -2.03. The molecule has 4 aromatic carbocycles. The molecule has 0 amide bonds. The molecule has 0 aliphatic heterocycles. The van der Waals surface area contributed by atoms with Gasteiger partial charge in [0.2, 0.25) is 5.82 Å². The van der Waals surface area contributed by atoms with Gasteiger partial charge >= 0.3 is 0 Å². The molecule has 0 bridgehead atoms. The van der Waals surface area contributed by atoms with Gasteiger partial charge in [-0.25, -0.2) is 13.2 Å². The Morgan fingerprint density at radius 1 is 0.658 bits per heavy atom. The third-order valence-electron chi connectivity index (χ3n) is 6.21. The Balaban J connectivity index is 1.45. The minimum absolute atomic E-state index is 0.125. The highest BCUT2D eigenvalue weighted by molar-refractivity contribution is 5.72. The van der Waals surface area contributed by atoms with E-state index in [1.165, 1.54) is 12.1 Å². The quantitative estimate of drug-likeness (QED) is 0.112. The third kappa shape index (κ3) is 6.08. The molecular formula is C32H28F4O2. The Morgan fingerprint density at radius 3 is 1.84 bits per heavy atom. The lowest BCUT2D eigenvalue weighted by Gasteiger charge is -2.11. The molecule has 4 aromatic rings. The number of hydrogen-bond acceptors (Lipinski definition) is 2. The van der Waals surface area contributed by atoms with E-state index >= 15 is 4.39 Å². The van der Waals surface area contributed by atoms with Crippen LogP contribution in [0.2, 0.25) is 0 Å². The van der Waals surface area contributed by atoms with Crippen molar-refractivity contribution in [2.75, 3.05) is 13.2 Å². The average molecular weight is 521 g/mol. The predicted octanol–water partition coefficient (Wildman–Crippen LogP) is 8.72. The zero-order valence-corrected chi connectivity index (χ0v) is 21.1. The first kappa shape index (κ1) is 27.0. The second-order valence-corrected chi connectivity index (χ2v) is 8.72.